The average molecular weight is 559 g/mol. The molecular weight excluding hydrogens is 504 g/mol. The van der Waals surface area contributed by atoms with E-state index >= 15 is 0 Å². The van der Waals surface area contributed by atoms with Gasteiger partial charge in [-0.15, -0.1) is 0 Å². The van der Waals surface area contributed by atoms with Crippen molar-refractivity contribution in [3.05, 3.63) is 35.5 Å². The van der Waals surface area contributed by atoms with Crippen LogP contribution in [0.4, 0.5) is 0 Å². The third-order valence-electron chi connectivity index (χ3n) is 12.2. The first-order valence-electron chi connectivity index (χ1n) is 16.0. The fourth-order valence-electron chi connectivity index (χ4n) is 9.07. The van der Waals surface area contributed by atoms with Gasteiger partial charge in [0, 0.05) is 0 Å². The van der Waals surface area contributed by atoms with E-state index in [2.05, 4.69) is 65.8 Å². The summed E-state index contributed by atoms with van der Waals surface area (Å²) in [5.74, 6) is 3.87. The molecule has 4 fully saturated rings. The van der Waals surface area contributed by atoms with E-state index in [1.165, 1.54) is 31.3 Å². The number of rotatable bonds is 7. The summed E-state index contributed by atoms with van der Waals surface area (Å²) in [6, 6.07) is 0. The molecule has 4 N–H and O–H groups in total. The largest absolute Gasteiger partial charge is 0.394 e. The number of aliphatic hydroxyl groups excluding tert-OH is 4. The van der Waals surface area contributed by atoms with Crippen molar-refractivity contribution in [2.45, 2.75) is 123 Å². The van der Waals surface area contributed by atoms with Crippen LogP contribution in [0.1, 0.15) is 86.5 Å². The number of aliphatic hydroxyl groups is 4. The van der Waals surface area contributed by atoms with Gasteiger partial charge in [-0.3, -0.25) is 0 Å². The van der Waals surface area contributed by atoms with Crippen molar-refractivity contribution in [3.8, 4) is 0 Å². The normalized spacial score (nSPS) is 46.8. The Labute approximate surface area is 241 Å². The number of allylic oxidation sites excluding steroid dienone is 5. The van der Waals surface area contributed by atoms with Crippen LogP contribution < -0.4 is 0 Å². The summed E-state index contributed by atoms with van der Waals surface area (Å²) in [4.78, 5) is 0. The highest BCUT2D eigenvalue weighted by molar-refractivity contribution is 5.39. The van der Waals surface area contributed by atoms with E-state index in [0.29, 0.717) is 35.0 Å². The molecule has 1 aliphatic heterocycles. The van der Waals surface area contributed by atoms with E-state index in [-0.39, 0.29) is 11.5 Å². The quantitative estimate of drug-likeness (QED) is 0.323. The van der Waals surface area contributed by atoms with Gasteiger partial charge in [-0.25, -0.2) is 0 Å². The Morgan fingerprint density at radius 3 is 2.38 bits per heavy atom. The molecule has 13 atom stereocenters. The second-order valence-corrected chi connectivity index (χ2v) is 14.7. The molecule has 3 unspecified atom stereocenters. The lowest BCUT2D eigenvalue weighted by molar-refractivity contribution is -0.312. The first-order valence-corrected chi connectivity index (χ1v) is 16.0. The first kappa shape index (κ1) is 30.4. The molecule has 3 saturated carbocycles. The van der Waals surface area contributed by atoms with Crippen LogP contribution >= 0.6 is 0 Å². The molecule has 6 heteroatoms. The molecule has 0 amide bonds. The van der Waals surface area contributed by atoms with Crippen molar-refractivity contribution in [1.82, 2.24) is 0 Å². The first-order chi connectivity index (χ1) is 18.9. The van der Waals surface area contributed by atoms with Gasteiger partial charge in [0.15, 0.2) is 6.29 Å². The fraction of sp³-hybridized carbons (Fsp3) is 0.824. The third-order valence-corrected chi connectivity index (χ3v) is 12.2. The average Bonchev–Trinajstić information content (AvgIpc) is 3.29. The van der Waals surface area contributed by atoms with E-state index in [4.69, 9.17) is 9.47 Å². The SMILES string of the molecule is CC(C)C(C)/C=C/C(C)[C@H]1CC[C@H]2C3=CC=C4C[C@@H](OC5O[C@H](CO)[C@@H](O)[C@H](O)[C@H]5O)CC[C@]4(C)[C@H]3CC[C@]12C. The minimum atomic E-state index is -1.41. The maximum absolute atomic E-state index is 10.5. The Morgan fingerprint density at radius 2 is 1.68 bits per heavy atom. The Balaban J connectivity index is 1.29. The summed E-state index contributed by atoms with van der Waals surface area (Å²) in [7, 11) is 0. The molecule has 0 spiro atoms. The number of fused-ring (bicyclic) bond motifs is 5. The molecule has 4 aliphatic carbocycles. The van der Waals surface area contributed by atoms with Crippen LogP contribution in [0, 0.1) is 46.3 Å². The summed E-state index contributed by atoms with van der Waals surface area (Å²) in [6.45, 7) is 14.0. The zero-order chi connectivity index (χ0) is 29.0. The molecule has 1 saturated heterocycles. The monoisotopic (exact) mass is 558 g/mol. The Hall–Kier alpha value is -1.02. The van der Waals surface area contributed by atoms with Crippen LogP contribution in [0.25, 0.3) is 0 Å². The summed E-state index contributed by atoms with van der Waals surface area (Å²) in [6.07, 6.45) is 11.3. The van der Waals surface area contributed by atoms with Gasteiger partial charge in [0.2, 0.25) is 0 Å². The van der Waals surface area contributed by atoms with Gasteiger partial charge < -0.3 is 29.9 Å². The number of hydrogen-bond acceptors (Lipinski definition) is 6. The molecule has 0 aromatic heterocycles. The van der Waals surface area contributed by atoms with Gasteiger partial charge >= 0.3 is 0 Å². The van der Waals surface area contributed by atoms with Crippen LogP contribution in [-0.2, 0) is 9.47 Å². The number of hydrogen-bond donors (Lipinski definition) is 4. The lowest BCUT2D eigenvalue weighted by atomic mass is 9.50. The minimum Gasteiger partial charge on any atom is -0.394 e. The van der Waals surface area contributed by atoms with Crippen molar-refractivity contribution in [2.24, 2.45) is 46.3 Å². The second-order valence-electron chi connectivity index (χ2n) is 14.7. The van der Waals surface area contributed by atoms with E-state index < -0.39 is 37.3 Å². The van der Waals surface area contributed by atoms with Crippen molar-refractivity contribution < 1.29 is 29.9 Å². The molecule has 1 heterocycles. The van der Waals surface area contributed by atoms with Gasteiger partial charge in [0.05, 0.1) is 12.7 Å². The van der Waals surface area contributed by atoms with E-state index in [0.717, 1.165) is 25.2 Å². The molecule has 5 aliphatic rings. The van der Waals surface area contributed by atoms with Crippen LogP contribution in [0.3, 0.4) is 0 Å². The van der Waals surface area contributed by atoms with Crippen LogP contribution in [0.15, 0.2) is 35.5 Å². The molecule has 5 rings (SSSR count). The Kier molecular flexibility index (Phi) is 8.81. The lowest BCUT2D eigenvalue weighted by Crippen LogP contribution is -2.60. The summed E-state index contributed by atoms with van der Waals surface area (Å²) >= 11 is 0. The zero-order valence-electron chi connectivity index (χ0n) is 25.5. The summed E-state index contributed by atoms with van der Waals surface area (Å²) in [5, 5.41) is 40.3. The predicted octanol–water partition coefficient (Wildman–Crippen LogP) is 5.16. The zero-order valence-corrected chi connectivity index (χ0v) is 25.5. The standard InChI is InChI=1S/C34H54O6/c1-19(2)20(3)7-8-21(4)25-11-12-26-24-10-9-22-17-23(13-15-33(22,5)27(24)14-16-34(25,26)6)39-32-31(38)30(37)29(36)28(18-35)40-32/h7-10,19-21,23,25-32,35-38H,11-18H2,1-6H3/b8-7+/t20?,21?,23-,25+,26-,27-,28+,29+,30-,31+,32?,33-,34+/m0/s1. The van der Waals surface area contributed by atoms with E-state index in [9.17, 15) is 20.4 Å². The highest BCUT2D eigenvalue weighted by Crippen LogP contribution is 2.66. The highest BCUT2D eigenvalue weighted by atomic mass is 16.7. The highest BCUT2D eigenvalue weighted by Gasteiger charge is 2.57. The molecule has 0 aromatic rings. The smallest absolute Gasteiger partial charge is 0.186 e. The molecule has 0 radical (unpaired) electrons. The van der Waals surface area contributed by atoms with Crippen molar-refractivity contribution in [2.75, 3.05) is 6.61 Å². The lowest BCUT2D eigenvalue weighted by Gasteiger charge is -2.55. The van der Waals surface area contributed by atoms with E-state index in [1.54, 1.807) is 5.57 Å². The predicted molar refractivity (Wildman–Crippen MR) is 156 cm³/mol. The van der Waals surface area contributed by atoms with Crippen LogP contribution in [-0.4, -0.2) is 63.8 Å². The molecular formula is C34H54O6. The van der Waals surface area contributed by atoms with Crippen molar-refractivity contribution in [3.63, 3.8) is 0 Å². The summed E-state index contributed by atoms with van der Waals surface area (Å²) in [5.41, 5.74) is 3.58. The fourth-order valence-corrected chi connectivity index (χ4v) is 9.07. The molecule has 226 valence electrons. The van der Waals surface area contributed by atoms with Gasteiger partial charge in [-0.2, -0.15) is 0 Å². The van der Waals surface area contributed by atoms with Crippen LogP contribution in [0.5, 0.6) is 0 Å². The summed E-state index contributed by atoms with van der Waals surface area (Å²) < 4.78 is 11.8. The van der Waals surface area contributed by atoms with Crippen molar-refractivity contribution >= 4 is 0 Å². The maximum atomic E-state index is 10.5. The molecule has 0 aromatic carbocycles. The second kappa shape index (κ2) is 11.6. The Bertz CT molecular complexity index is 1000. The van der Waals surface area contributed by atoms with E-state index in [1.807, 2.05) is 0 Å². The van der Waals surface area contributed by atoms with Gasteiger partial charge in [0.1, 0.15) is 24.4 Å². The van der Waals surface area contributed by atoms with Gasteiger partial charge in [-0.05, 0) is 91.3 Å². The molecule has 6 nitrogen and oxygen atoms in total. The van der Waals surface area contributed by atoms with Crippen molar-refractivity contribution in [1.29, 1.82) is 0 Å². The maximum Gasteiger partial charge on any atom is 0.186 e. The molecule has 0 bridgehead atoms. The van der Waals surface area contributed by atoms with Gasteiger partial charge in [-0.1, -0.05) is 77.0 Å². The minimum absolute atomic E-state index is 0.122. The third kappa shape index (κ3) is 5.20. The number of ether oxygens (including phenoxy) is 2. The topological polar surface area (TPSA) is 99.4 Å². The van der Waals surface area contributed by atoms with Gasteiger partial charge in [0.25, 0.3) is 0 Å². The van der Waals surface area contributed by atoms with Crippen LogP contribution in [0.2, 0.25) is 0 Å². The molecule has 40 heavy (non-hydrogen) atoms. The Morgan fingerprint density at radius 1 is 0.925 bits per heavy atom.